The van der Waals surface area contributed by atoms with Crippen LogP contribution in [-0.2, 0) is 0 Å². The third kappa shape index (κ3) is 5.57. The minimum atomic E-state index is 0.321. The zero-order chi connectivity index (χ0) is 18.9. The van der Waals surface area contributed by atoms with Crippen LogP contribution in [0.1, 0.15) is 13.8 Å². The van der Waals surface area contributed by atoms with Crippen LogP contribution in [0.25, 0.3) is 0 Å². The van der Waals surface area contributed by atoms with Gasteiger partial charge in [0.05, 0.1) is 6.54 Å². The number of nitrogens with zero attached hydrogens (tertiary/aromatic N) is 5. The van der Waals surface area contributed by atoms with Crippen molar-refractivity contribution in [3.8, 4) is 0 Å². The first-order valence-corrected chi connectivity index (χ1v) is 10.1. The molecule has 1 aliphatic rings. The second kappa shape index (κ2) is 10.3. The van der Waals surface area contributed by atoms with Crippen LogP contribution in [0, 0.1) is 5.92 Å². The molecule has 0 spiro atoms. The lowest BCUT2D eigenvalue weighted by molar-refractivity contribution is 0.195. The smallest absolute Gasteiger partial charge is 0.191 e. The van der Waals surface area contributed by atoms with E-state index in [0.717, 1.165) is 44.4 Å². The van der Waals surface area contributed by atoms with E-state index in [2.05, 4.69) is 46.7 Å². The van der Waals surface area contributed by atoms with Gasteiger partial charge in [-0.2, -0.15) is 0 Å². The summed E-state index contributed by atoms with van der Waals surface area (Å²) in [5.74, 6) is 1.12. The average molecular weight is 377 g/mol. The first-order chi connectivity index (χ1) is 12.6. The maximum atomic E-state index is 6.29. The first kappa shape index (κ1) is 20.5. The number of aliphatic imine (C=N–C) groups is 1. The maximum Gasteiger partial charge on any atom is 0.191 e. The van der Waals surface area contributed by atoms with Crippen LogP contribution < -0.4 is 10.6 Å². The highest BCUT2D eigenvalue weighted by atomic mass is 32.1. The Bertz CT molecular complexity index is 565. The summed E-state index contributed by atoms with van der Waals surface area (Å²) in [6.07, 6.45) is 5.72. The van der Waals surface area contributed by atoms with E-state index in [-0.39, 0.29) is 0 Å². The van der Waals surface area contributed by atoms with Crippen molar-refractivity contribution in [2.75, 3.05) is 50.7 Å². The zero-order valence-electron chi connectivity index (χ0n) is 16.0. The summed E-state index contributed by atoms with van der Waals surface area (Å²) < 4.78 is 0. The number of hydrogen-bond acceptors (Lipinski definition) is 5. The second-order valence-corrected chi connectivity index (χ2v) is 7.70. The van der Waals surface area contributed by atoms with E-state index in [1.807, 2.05) is 23.7 Å². The Hall–Kier alpha value is -1.86. The molecule has 144 valence electrons. The summed E-state index contributed by atoms with van der Waals surface area (Å²) in [5, 5.41) is 3.10. The number of rotatable bonds is 9. The number of hydrogen-bond donors (Lipinski definition) is 1. The van der Waals surface area contributed by atoms with E-state index in [0.29, 0.717) is 24.5 Å². The van der Waals surface area contributed by atoms with E-state index in [4.69, 9.17) is 10.7 Å². The van der Waals surface area contributed by atoms with Gasteiger partial charge < -0.3 is 15.5 Å². The molecule has 2 rings (SSSR count). The van der Waals surface area contributed by atoms with Gasteiger partial charge in [0.25, 0.3) is 0 Å². The highest BCUT2D eigenvalue weighted by molar-refractivity contribution is 7.13. The number of piperazine rings is 1. The van der Waals surface area contributed by atoms with Gasteiger partial charge in [0.1, 0.15) is 0 Å². The molecule has 1 unspecified atom stereocenters. The van der Waals surface area contributed by atoms with Gasteiger partial charge in [-0.05, 0) is 5.92 Å². The highest BCUT2D eigenvalue weighted by Gasteiger charge is 2.22. The van der Waals surface area contributed by atoms with Crippen molar-refractivity contribution in [1.29, 1.82) is 0 Å². The topological polar surface area (TPSA) is 61.0 Å². The van der Waals surface area contributed by atoms with Crippen LogP contribution in [0.2, 0.25) is 0 Å². The van der Waals surface area contributed by atoms with Crippen molar-refractivity contribution in [3.05, 3.63) is 36.9 Å². The molecule has 2 N–H and O–H groups in total. The van der Waals surface area contributed by atoms with Gasteiger partial charge in [-0.1, -0.05) is 26.0 Å². The Morgan fingerprint density at radius 1 is 1.31 bits per heavy atom. The van der Waals surface area contributed by atoms with Gasteiger partial charge in [0.15, 0.2) is 11.1 Å². The lowest BCUT2D eigenvalue weighted by Gasteiger charge is -2.36. The molecule has 1 aromatic heterocycles. The molecule has 1 aromatic rings. The molecule has 0 aliphatic carbocycles. The molecule has 0 bridgehead atoms. The van der Waals surface area contributed by atoms with Crippen LogP contribution in [0.4, 0.5) is 5.13 Å². The minimum Gasteiger partial charge on any atom is -0.370 e. The third-order valence-electron chi connectivity index (χ3n) is 4.70. The largest absolute Gasteiger partial charge is 0.370 e. The Morgan fingerprint density at radius 3 is 2.46 bits per heavy atom. The lowest BCUT2D eigenvalue weighted by Crippen LogP contribution is -2.51. The normalized spacial score (nSPS) is 17.0. The fraction of sp³-hybridized carbons (Fsp3) is 0.579. The summed E-state index contributed by atoms with van der Waals surface area (Å²) in [6.45, 7) is 18.1. The van der Waals surface area contributed by atoms with Gasteiger partial charge in [0, 0.05) is 56.9 Å². The fourth-order valence-electron chi connectivity index (χ4n) is 3.21. The van der Waals surface area contributed by atoms with Crippen LogP contribution in [0.3, 0.4) is 0 Å². The molecule has 0 saturated carbocycles. The maximum absolute atomic E-state index is 6.29. The van der Waals surface area contributed by atoms with Gasteiger partial charge in [-0.25, -0.2) is 4.98 Å². The van der Waals surface area contributed by atoms with Crippen LogP contribution in [-0.4, -0.2) is 72.6 Å². The Balaban J connectivity index is 1.92. The van der Waals surface area contributed by atoms with Crippen molar-refractivity contribution >= 4 is 22.4 Å². The summed E-state index contributed by atoms with van der Waals surface area (Å²) in [6, 6.07) is 0.321. The number of nitrogens with two attached hydrogens (primary N) is 1. The molecule has 1 aliphatic heterocycles. The summed E-state index contributed by atoms with van der Waals surface area (Å²) in [7, 11) is 0. The molecule has 0 radical (unpaired) electrons. The lowest BCUT2D eigenvalue weighted by atomic mass is 10.0. The number of thiazole rings is 1. The molecule has 7 heteroatoms. The molecular formula is C19H32N6S. The molecular weight excluding hydrogens is 344 g/mol. The van der Waals surface area contributed by atoms with Crippen molar-refractivity contribution in [2.45, 2.75) is 19.9 Å². The van der Waals surface area contributed by atoms with Gasteiger partial charge in [0.2, 0.25) is 0 Å². The average Bonchev–Trinajstić information content (AvgIpc) is 3.16. The molecule has 0 amide bonds. The Kier molecular flexibility index (Phi) is 8.12. The minimum absolute atomic E-state index is 0.321. The molecule has 1 saturated heterocycles. The first-order valence-electron chi connectivity index (χ1n) is 9.22. The third-order valence-corrected chi connectivity index (χ3v) is 5.53. The number of anilines is 1. The van der Waals surface area contributed by atoms with Crippen molar-refractivity contribution in [1.82, 2.24) is 14.8 Å². The van der Waals surface area contributed by atoms with Crippen molar-refractivity contribution in [2.24, 2.45) is 16.6 Å². The number of guanidine groups is 1. The summed E-state index contributed by atoms with van der Waals surface area (Å²) in [5.41, 5.74) is 6.29. The van der Waals surface area contributed by atoms with Gasteiger partial charge in [-0.3, -0.25) is 9.89 Å². The monoisotopic (exact) mass is 376 g/mol. The quantitative estimate of drug-likeness (QED) is 0.407. The SMILES string of the molecule is C=CCN(CC=C)C(CN=C(N)N1CCN(c2nccs2)CC1)C(C)C. The van der Waals surface area contributed by atoms with E-state index in [1.54, 1.807) is 11.3 Å². The Labute approximate surface area is 161 Å². The summed E-state index contributed by atoms with van der Waals surface area (Å²) in [4.78, 5) is 15.9. The number of aromatic nitrogens is 1. The highest BCUT2D eigenvalue weighted by Crippen LogP contribution is 2.19. The van der Waals surface area contributed by atoms with E-state index < -0.39 is 0 Å². The fourth-order valence-corrected chi connectivity index (χ4v) is 3.91. The van der Waals surface area contributed by atoms with Gasteiger partial charge in [-0.15, -0.1) is 24.5 Å². The predicted molar refractivity (Wildman–Crippen MR) is 113 cm³/mol. The molecule has 1 fully saturated rings. The van der Waals surface area contributed by atoms with E-state index in [1.165, 1.54) is 0 Å². The van der Waals surface area contributed by atoms with Crippen LogP contribution in [0.15, 0.2) is 41.9 Å². The van der Waals surface area contributed by atoms with Gasteiger partial charge >= 0.3 is 0 Å². The van der Waals surface area contributed by atoms with Crippen LogP contribution in [0.5, 0.6) is 0 Å². The van der Waals surface area contributed by atoms with Crippen molar-refractivity contribution < 1.29 is 0 Å². The van der Waals surface area contributed by atoms with Crippen LogP contribution >= 0.6 is 11.3 Å². The predicted octanol–water partition coefficient (Wildman–Crippen LogP) is 2.28. The Morgan fingerprint density at radius 2 is 1.96 bits per heavy atom. The van der Waals surface area contributed by atoms with E-state index >= 15 is 0 Å². The second-order valence-electron chi connectivity index (χ2n) is 6.83. The molecule has 6 nitrogen and oxygen atoms in total. The molecule has 1 atom stereocenters. The van der Waals surface area contributed by atoms with E-state index in [9.17, 15) is 0 Å². The standard InChI is InChI=1S/C19H32N6S/c1-5-8-23(9-6-2)17(16(3)4)15-22-18(20)24-10-12-25(13-11-24)19-21-7-14-26-19/h5-7,14,16-17H,1-2,8-13,15H2,3-4H3,(H2,20,22). The molecule has 0 aromatic carbocycles. The zero-order valence-corrected chi connectivity index (χ0v) is 16.9. The molecule has 2 heterocycles. The molecule has 26 heavy (non-hydrogen) atoms. The summed E-state index contributed by atoms with van der Waals surface area (Å²) >= 11 is 1.68. The van der Waals surface area contributed by atoms with Crippen molar-refractivity contribution in [3.63, 3.8) is 0 Å².